The molecule has 0 saturated heterocycles. The van der Waals surface area contributed by atoms with Gasteiger partial charge in [0.25, 0.3) is 7.37 Å². The van der Waals surface area contributed by atoms with Gasteiger partial charge in [0.05, 0.1) is 10.6 Å². The molecule has 24 heavy (non-hydrogen) atoms. The van der Waals surface area contributed by atoms with Crippen molar-refractivity contribution in [3.8, 4) is 11.1 Å². The van der Waals surface area contributed by atoms with E-state index in [2.05, 4.69) is 0 Å². The Balaban J connectivity index is 2.21. The van der Waals surface area contributed by atoms with Gasteiger partial charge in [0, 0.05) is 11.1 Å². The Morgan fingerprint density at radius 3 is 1.88 bits per heavy atom. The van der Waals surface area contributed by atoms with Crippen LogP contribution in [0.5, 0.6) is 0 Å². The average Bonchev–Trinajstić information content (AvgIpc) is 2.56. The van der Waals surface area contributed by atoms with Gasteiger partial charge in [-0.3, -0.25) is 4.57 Å². The maximum absolute atomic E-state index is 14.8. The lowest BCUT2D eigenvalue weighted by Gasteiger charge is -2.16. The highest BCUT2D eigenvalue weighted by molar-refractivity contribution is 7.73. The van der Waals surface area contributed by atoms with Gasteiger partial charge >= 0.3 is 0 Å². The Labute approximate surface area is 136 Å². The second kappa shape index (κ2) is 6.27. The molecule has 0 heterocycles. The third-order valence-electron chi connectivity index (χ3n) is 3.65. The molecule has 1 atom stereocenters. The maximum Gasteiger partial charge on any atom is 0.264 e. The van der Waals surface area contributed by atoms with Gasteiger partial charge < -0.3 is 4.89 Å². The normalized spacial score (nSPS) is 13.5. The number of rotatable bonds is 3. The zero-order valence-electron chi connectivity index (χ0n) is 12.3. The predicted octanol–water partition coefficient (Wildman–Crippen LogP) is 3.99. The number of hydrogen-bond donors (Lipinski definition) is 1. The summed E-state index contributed by atoms with van der Waals surface area (Å²) >= 11 is 0. The van der Waals surface area contributed by atoms with Crippen molar-refractivity contribution in [1.82, 2.24) is 0 Å². The lowest BCUT2D eigenvalue weighted by molar-refractivity contribution is 0.496. The van der Waals surface area contributed by atoms with Crippen molar-refractivity contribution in [2.24, 2.45) is 0 Å². The van der Waals surface area contributed by atoms with Crippen LogP contribution in [0.1, 0.15) is 0 Å². The predicted molar refractivity (Wildman–Crippen MR) is 87.3 cm³/mol. The van der Waals surface area contributed by atoms with E-state index in [-0.39, 0.29) is 11.1 Å². The first-order valence-corrected chi connectivity index (χ1v) is 8.71. The molecule has 0 spiro atoms. The molecule has 3 rings (SSSR count). The van der Waals surface area contributed by atoms with Gasteiger partial charge in [-0.05, 0) is 24.3 Å². The molecule has 1 N–H and O–H groups in total. The Morgan fingerprint density at radius 1 is 0.667 bits per heavy atom. The van der Waals surface area contributed by atoms with E-state index in [1.807, 2.05) is 0 Å². The number of hydrogen-bond acceptors (Lipinski definition) is 1. The molecule has 0 fully saturated rings. The zero-order chi connectivity index (χ0) is 17.3. The average molecular weight is 348 g/mol. The van der Waals surface area contributed by atoms with E-state index in [4.69, 9.17) is 0 Å². The Hall–Kier alpha value is -2.36. The van der Waals surface area contributed by atoms with E-state index in [9.17, 15) is 22.6 Å². The molecule has 0 aliphatic heterocycles. The molecule has 3 aromatic carbocycles. The summed E-state index contributed by atoms with van der Waals surface area (Å²) in [6, 6.07) is 14.2. The molecule has 0 aliphatic carbocycles. The van der Waals surface area contributed by atoms with E-state index in [1.54, 1.807) is 0 Å². The molecule has 6 heteroatoms. The molecule has 2 nitrogen and oxygen atoms in total. The minimum atomic E-state index is -4.51. The summed E-state index contributed by atoms with van der Waals surface area (Å²) in [6.45, 7) is 0. The van der Waals surface area contributed by atoms with Gasteiger partial charge in [-0.15, -0.1) is 0 Å². The van der Waals surface area contributed by atoms with Crippen LogP contribution >= 0.6 is 7.37 Å². The fraction of sp³-hybridized carbons (Fsp3) is 0. The van der Waals surface area contributed by atoms with E-state index in [1.165, 1.54) is 42.5 Å². The van der Waals surface area contributed by atoms with Crippen LogP contribution in [-0.4, -0.2) is 4.89 Å². The van der Waals surface area contributed by atoms with Crippen molar-refractivity contribution in [1.29, 1.82) is 0 Å². The quantitative estimate of drug-likeness (QED) is 0.727. The van der Waals surface area contributed by atoms with Gasteiger partial charge in [-0.25, -0.2) is 13.2 Å². The van der Waals surface area contributed by atoms with Crippen LogP contribution in [-0.2, 0) is 4.57 Å². The van der Waals surface area contributed by atoms with Crippen molar-refractivity contribution in [2.75, 3.05) is 0 Å². The summed E-state index contributed by atoms with van der Waals surface area (Å²) in [5.74, 6) is -2.61. The maximum atomic E-state index is 14.8. The monoisotopic (exact) mass is 348 g/mol. The van der Waals surface area contributed by atoms with Crippen molar-refractivity contribution in [2.45, 2.75) is 0 Å². The summed E-state index contributed by atoms with van der Waals surface area (Å²) in [6.07, 6.45) is 0. The minimum Gasteiger partial charge on any atom is -0.338 e. The minimum absolute atomic E-state index is 0.0367. The summed E-state index contributed by atoms with van der Waals surface area (Å²) in [5, 5.41) is -1.05. The fourth-order valence-electron chi connectivity index (χ4n) is 2.47. The molecule has 0 aliphatic rings. The third kappa shape index (κ3) is 2.77. The number of halogens is 3. The summed E-state index contributed by atoms with van der Waals surface area (Å²) in [5.41, 5.74) is -0.193. The molecule has 0 aromatic heterocycles. The molecule has 3 aromatic rings. The highest BCUT2D eigenvalue weighted by Gasteiger charge is 2.31. The second-order valence-corrected chi connectivity index (χ2v) is 7.26. The van der Waals surface area contributed by atoms with Crippen LogP contribution < -0.4 is 10.6 Å². The van der Waals surface area contributed by atoms with Gasteiger partial charge in [0.2, 0.25) is 0 Å². The van der Waals surface area contributed by atoms with Crippen LogP contribution in [0, 0.1) is 17.5 Å². The molecule has 122 valence electrons. The first-order valence-electron chi connectivity index (χ1n) is 7.05. The van der Waals surface area contributed by atoms with Gasteiger partial charge in [-0.1, -0.05) is 42.5 Å². The molecule has 0 amide bonds. The van der Waals surface area contributed by atoms with Crippen molar-refractivity contribution in [3.05, 3.63) is 84.2 Å². The largest absolute Gasteiger partial charge is 0.338 e. The highest BCUT2D eigenvalue weighted by atomic mass is 31.2. The van der Waals surface area contributed by atoms with E-state index >= 15 is 0 Å². The van der Waals surface area contributed by atoms with Gasteiger partial charge in [0.15, 0.2) is 0 Å². The summed E-state index contributed by atoms with van der Waals surface area (Å²) in [7, 11) is -4.51. The van der Waals surface area contributed by atoms with Gasteiger partial charge in [0.1, 0.15) is 17.5 Å². The Kier molecular flexibility index (Phi) is 4.31. The first-order chi connectivity index (χ1) is 11.4. The summed E-state index contributed by atoms with van der Waals surface area (Å²) < 4.78 is 55.3. The summed E-state index contributed by atoms with van der Waals surface area (Å²) in [4.78, 5) is 10.3. The van der Waals surface area contributed by atoms with E-state index < -0.39 is 35.4 Å². The highest BCUT2D eigenvalue weighted by Crippen LogP contribution is 2.41. The first kappa shape index (κ1) is 16.5. The van der Waals surface area contributed by atoms with Crippen LogP contribution in [0.3, 0.4) is 0 Å². The van der Waals surface area contributed by atoms with E-state index in [0.717, 1.165) is 24.3 Å². The van der Waals surface area contributed by atoms with Crippen molar-refractivity contribution < 1.29 is 22.6 Å². The molecule has 0 saturated carbocycles. The molecular formula is C18H12F3O2P. The fourth-order valence-corrected chi connectivity index (χ4v) is 4.06. The smallest absolute Gasteiger partial charge is 0.264 e. The molecular weight excluding hydrogens is 336 g/mol. The second-order valence-electron chi connectivity index (χ2n) is 5.15. The topological polar surface area (TPSA) is 37.3 Å². The van der Waals surface area contributed by atoms with Crippen LogP contribution in [0.4, 0.5) is 13.2 Å². The zero-order valence-corrected chi connectivity index (χ0v) is 13.2. The SMILES string of the molecule is O=P(O)(c1ccccc1F)c1cccc(-c2ccccc2F)c1F. The van der Waals surface area contributed by atoms with Crippen LogP contribution in [0.2, 0.25) is 0 Å². The molecule has 0 radical (unpaired) electrons. The van der Waals surface area contributed by atoms with Crippen molar-refractivity contribution >= 4 is 18.0 Å². The standard InChI is InChI=1S/C18H12F3O2P/c19-14-8-2-1-6-12(14)13-7-5-11-17(18(13)21)24(22,23)16-10-4-3-9-15(16)20/h1-11H,(H,22,23). The van der Waals surface area contributed by atoms with Crippen LogP contribution in [0.15, 0.2) is 66.7 Å². The molecule has 1 unspecified atom stereocenters. The van der Waals surface area contributed by atoms with Gasteiger partial charge in [-0.2, -0.15) is 0 Å². The molecule has 0 bridgehead atoms. The third-order valence-corrected chi connectivity index (χ3v) is 5.66. The Morgan fingerprint density at radius 2 is 1.21 bits per heavy atom. The lowest BCUT2D eigenvalue weighted by Crippen LogP contribution is -2.21. The number of benzene rings is 3. The van der Waals surface area contributed by atoms with E-state index in [0.29, 0.717) is 0 Å². The van der Waals surface area contributed by atoms with Crippen LogP contribution in [0.25, 0.3) is 11.1 Å². The van der Waals surface area contributed by atoms with Crippen molar-refractivity contribution in [3.63, 3.8) is 0 Å². The Bertz CT molecular complexity index is 956. The lowest BCUT2D eigenvalue weighted by atomic mass is 10.0.